The van der Waals surface area contributed by atoms with Crippen LogP contribution in [0.25, 0.3) is 0 Å². The van der Waals surface area contributed by atoms with Gasteiger partial charge in [0.2, 0.25) is 0 Å². The lowest BCUT2D eigenvalue weighted by atomic mass is 10.2. The van der Waals surface area contributed by atoms with Crippen LogP contribution in [0.15, 0.2) is 51.1 Å². The van der Waals surface area contributed by atoms with E-state index in [1.165, 1.54) is 30.0 Å². The SMILES string of the molecule is Br.CS(=O)(=O)c1ccc(Sc2ccc(F)cc2CSC(=N)N)c(CSC(=N)N)c1. The van der Waals surface area contributed by atoms with Crippen molar-refractivity contribution in [1.82, 2.24) is 0 Å². The second kappa shape index (κ2) is 11.3. The minimum atomic E-state index is -3.38. The number of rotatable bonds is 7. The van der Waals surface area contributed by atoms with Crippen molar-refractivity contribution in [2.75, 3.05) is 6.26 Å². The van der Waals surface area contributed by atoms with Gasteiger partial charge in [0, 0.05) is 27.6 Å². The van der Waals surface area contributed by atoms with E-state index in [2.05, 4.69) is 0 Å². The first-order valence-corrected chi connectivity index (χ1v) is 12.5. The van der Waals surface area contributed by atoms with E-state index in [0.717, 1.165) is 39.6 Å². The molecular formula is C17H20BrFN4O2S4. The van der Waals surface area contributed by atoms with E-state index in [1.807, 2.05) is 0 Å². The van der Waals surface area contributed by atoms with Crippen molar-refractivity contribution in [3.8, 4) is 0 Å². The van der Waals surface area contributed by atoms with Crippen molar-refractivity contribution in [1.29, 1.82) is 10.8 Å². The summed E-state index contributed by atoms with van der Waals surface area (Å²) >= 11 is 3.55. The molecule has 0 saturated heterocycles. The molecule has 2 aromatic rings. The molecule has 0 atom stereocenters. The van der Waals surface area contributed by atoms with E-state index < -0.39 is 9.84 Å². The van der Waals surface area contributed by atoms with Crippen LogP contribution in [0.5, 0.6) is 0 Å². The van der Waals surface area contributed by atoms with E-state index >= 15 is 0 Å². The molecule has 29 heavy (non-hydrogen) atoms. The van der Waals surface area contributed by atoms with Crippen LogP contribution in [0, 0.1) is 16.6 Å². The Kier molecular flexibility index (Phi) is 10.0. The lowest BCUT2D eigenvalue weighted by molar-refractivity contribution is 0.601. The number of sulfone groups is 1. The van der Waals surface area contributed by atoms with Crippen LogP contribution >= 0.6 is 52.3 Å². The summed E-state index contributed by atoms with van der Waals surface area (Å²) in [6.45, 7) is 0. The van der Waals surface area contributed by atoms with E-state index in [0.29, 0.717) is 22.6 Å². The molecule has 0 saturated carbocycles. The van der Waals surface area contributed by atoms with E-state index in [1.54, 1.807) is 18.2 Å². The number of hydrogen-bond donors (Lipinski definition) is 4. The Morgan fingerprint density at radius 1 is 0.966 bits per heavy atom. The topological polar surface area (TPSA) is 134 Å². The van der Waals surface area contributed by atoms with Gasteiger partial charge in [-0.2, -0.15) is 0 Å². The normalized spacial score (nSPS) is 11.0. The summed E-state index contributed by atoms with van der Waals surface area (Å²) in [6.07, 6.45) is 1.13. The first kappa shape index (κ1) is 25.8. The molecule has 0 aromatic heterocycles. The lowest BCUT2D eigenvalue weighted by Gasteiger charge is -2.13. The average molecular weight is 540 g/mol. The van der Waals surface area contributed by atoms with E-state index in [4.69, 9.17) is 22.3 Å². The van der Waals surface area contributed by atoms with E-state index in [9.17, 15) is 12.8 Å². The van der Waals surface area contributed by atoms with Gasteiger partial charge in [-0.25, -0.2) is 12.8 Å². The molecular weight excluding hydrogens is 519 g/mol. The second-order valence-electron chi connectivity index (χ2n) is 5.70. The molecule has 6 N–H and O–H groups in total. The molecule has 0 aliphatic heterocycles. The number of thioether (sulfide) groups is 2. The van der Waals surface area contributed by atoms with Gasteiger partial charge in [-0.05, 0) is 47.5 Å². The maximum absolute atomic E-state index is 13.7. The van der Waals surface area contributed by atoms with Gasteiger partial charge in [-0.1, -0.05) is 35.3 Å². The predicted molar refractivity (Wildman–Crippen MR) is 127 cm³/mol. The standard InChI is InChI=1S/C17H19FN4O2S4.BrH/c1-28(23,24)13-3-5-15(11(7-13)9-26-17(21)22)27-14-4-2-12(18)6-10(14)8-25-16(19)20;/h2-7H,8-9H2,1H3,(H3,19,20)(H3,21,22);1H. The monoisotopic (exact) mass is 538 g/mol. The molecule has 0 heterocycles. The maximum Gasteiger partial charge on any atom is 0.175 e. The van der Waals surface area contributed by atoms with Crippen molar-refractivity contribution in [3.05, 3.63) is 53.3 Å². The van der Waals surface area contributed by atoms with Crippen LogP contribution < -0.4 is 11.5 Å². The number of amidine groups is 2. The largest absolute Gasteiger partial charge is 0.379 e. The number of nitrogens with one attached hydrogen (secondary N) is 2. The fraction of sp³-hybridized carbons (Fsp3) is 0.176. The van der Waals surface area contributed by atoms with Crippen molar-refractivity contribution < 1.29 is 12.8 Å². The number of halogens is 2. The van der Waals surface area contributed by atoms with Crippen LogP contribution in [0.4, 0.5) is 4.39 Å². The number of nitrogens with two attached hydrogens (primary N) is 2. The van der Waals surface area contributed by atoms with Crippen molar-refractivity contribution in [3.63, 3.8) is 0 Å². The Morgan fingerprint density at radius 2 is 1.45 bits per heavy atom. The van der Waals surface area contributed by atoms with Crippen LogP contribution in [0.1, 0.15) is 11.1 Å². The molecule has 2 rings (SSSR count). The molecule has 0 spiro atoms. The second-order valence-corrected chi connectivity index (χ2v) is 10.8. The fourth-order valence-electron chi connectivity index (χ4n) is 2.19. The first-order chi connectivity index (χ1) is 13.1. The highest BCUT2D eigenvalue weighted by Crippen LogP contribution is 2.37. The van der Waals surface area contributed by atoms with Gasteiger partial charge in [-0.15, -0.1) is 17.0 Å². The summed E-state index contributed by atoms with van der Waals surface area (Å²) in [6, 6.07) is 9.17. The van der Waals surface area contributed by atoms with Crippen LogP contribution in [-0.4, -0.2) is 25.0 Å². The summed E-state index contributed by atoms with van der Waals surface area (Å²) in [4.78, 5) is 1.74. The fourth-order valence-corrected chi connectivity index (χ4v) is 5.18. The van der Waals surface area contributed by atoms with Crippen LogP contribution in [-0.2, 0) is 21.3 Å². The highest BCUT2D eigenvalue weighted by molar-refractivity contribution is 8.93. The molecule has 0 aliphatic carbocycles. The van der Waals surface area contributed by atoms with Gasteiger partial charge in [0.1, 0.15) is 5.82 Å². The lowest BCUT2D eigenvalue weighted by Crippen LogP contribution is -2.05. The first-order valence-electron chi connectivity index (χ1n) is 7.79. The van der Waals surface area contributed by atoms with Crippen molar-refractivity contribution in [2.24, 2.45) is 11.5 Å². The molecule has 0 aliphatic rings. The van der Waals surface area contributed by atoms with Crippen molar-refractivity contribution >= 4 is 72.4 Å². The molecule has 6 nitrogen and oxygen atoms in total. The zero-order valence-corrected chi connectivity index (χ0v) is 20.2. The van der Waals surface area contributed by atoms with Gasteiger partial charge in [0.05, 0.1) is 4.90 Å². The van der Waals surface area contributed by atoms with Gasteiger partial charge in [0.25, 0.3) is 0 Å². The minimum Gasteiger partial charge on any atom is -0.379 e. The van der Waals surface area contributed by atoms with Gasteiger partial charge in [-0.3, -0.25) is 10.8 Å². The number of benzene rings is 2. The van der Waals surface area contributed by atoms with Gasteiger partial charge >= 0.3 is 0 Å². The Hall–Kier alpha value is -1.21. The Labute approximate surface area is 192 Å². The molecule has 0 unspecified atom stereocenters. The summed E-state index contributed by atoms with van der Waals surface area (Å²) in [5.74, 6) is 0.289. The molecule has 12 heteroatoms. The van der Waals surface area contributed by atoms with Gasteiger partial charge < -0.3 is 11.5 Å². The molecule has 2 aromatic carbocycles. The molecule has 0 fully saturated rings. The Balaban J connectivity index is 0.00000420. The van der Waals surface area contributed by atoms with Gasteiger partial charge in [0.15, 0.2) is 20.2 Å². The zero-order chi connectivity index (χ0) is 20.9. The summed E-state index contributed by atoms with van der Waals surface area (Å²) in [5, 5.41) is 14.6. The summed E-state index contributed by atoms with van der Waals surface area (Å²) in [5.41, 5.74) is 12.2. The Morgan fingerprint density at radius 3 is 1.93 bits per heavy atom. The highest BCUT2D eigenvalue weighted by Gasteiger charge is 2.14. The number of hydrogen-bond acceptors (Lipinski definition) is 7. The summed E-state index contributed by atoms with van der Waals surface area (Å²) < 4.78 is 37.4. The predicted octanol–water partition coefficient (Wildman–Crippen LogP) is 4.21. The molecule has 0 amide bonds. The quantitative estimate of drug-likeness (QED) is 0.306. The average Bonchev–Trinajstić information content (AvgIpc) is 2.59. The third-order valence-electron chi connectivity index (χ3n) is 3.47. The zero-order valence-electron chi connectivity index (χ0n) is 15.3. The minimum absolute atomic E-state index is 0. The maximum atomic E-state index is 13.7. The van der Waals surface area contributed by atoms with Crippen molar-refractivity contribution in [2.45, 2.75) is 26.2 Å². The van der Waals surface area contributed by atoms with Crippen LogP contribution in [0.2, 0.25) is 0 Å². The molecule has 0 radical (unpaired) electrons. The molecule has 158 valence electrons. The Bertz CT molecular complexity index is 1020. The van der Waals surface area contributed by atoms with Crippen LogP contribution in [0.3, 0.4) is 0 Å². The summed E-state index contributed by atoms with van der Waals surface area (Å²) in [7, 11) is -3.38. The molecule has 0 bridgehead atoms. The van der Waals surface area contributed by atoms with E-state index in [-0.39, 0.29) is 38.0 Å². The third kappa shape index (κ3) is 8.21. The smallest absolute Gasteiger partial charge is 0.175 e. The highest BCUT2D eigenvalue weighted by atomic mass is 79.9. The third-order valence-corrected chi connectivity index (χ3v) is 7.35.